The Hall–Kier alpha value is -1.34. The molecule has 23 heavy (non-hydrogen) atoms. The summed E-state index contributed by atoms with van der Waals surface area (Å²) in [5.74, 6) is -1.39. The largest absolute Gasteiger partial charge is 0.505 e. The van der Waals surface area contributed by atoms with Crippen molar-refractivity contribution in [2.75, 3.05) is 18.5 Å². The maximum atomic E-state index is 13.9. The Kier molecular flexibility index (Phi) is 4.41. The van der Waals surface area contributed by atoms with Crippen molar-refractivity contribution >= 4 is 15.7 Å². The van der Waals surface area contributed by atoms with E-state index in [1.54, 1.807) is 0 Å². The van der Waals surface area contributed by atoms with E-state index in [9.17, 15) is 17.9 Å². The van der Waals surface area contributed by atoms with E-state index in [1.807, 2.05) is 39.5 Å². The highest BCUT2D eigenvalue weighted by atomic mass is 32.2. The molecule has 5 nitrogen and oxygen atoms in total. The zero-order valence-electron chi connectivity index (χ0n) is 14.5. The highest BCUT2D eigenvalue weighted by molar-refractivity contribution is 7.89. The molecule has 0 radical (unpaired) electrons. The van der Waals surface area contributed by atoms with E-state index in [-0.39, 0.29) is 16.9 Å². The maximum absolute atomic E-state index is 13.9. The van der Waals surface area contributed by atoms with Crippen molar-refractivity contribution < 1.29 is 17.9 Å². The summed E-state index contributed by atoms with van der Waals surface area (Å²) in [6.07, 6.45) is 0. The first-order valence-electron chi connectivity index (χ1n) is 7.65. The van der Waals surface area contributed by atoms with Gasteiger partial charge in [-0.1, -0.05) is 13.8 Å². The van der Waals surface area contributed by atoms with Crippen LogP contribution in [0.4, 0.5) is 10.1 Å². The van der Waals surface area contributed by atoms with Crippen molar-refractivity contribution in [3.63, 3.8) is 0 Å². The Morgan fingerprint density at radius 1 is 1.30 bits per heavy atom. The second-order valence-electron chi connectivity index (χ2n) is 7.39. The summed E-state index contributed by atoms with van der Waals surface area (Å²) in [5, 5.41) is 9.67. The van der Waals surface area contributed by atoms with Gasteiger partial charge >= 0.3 is 0 Å². The van der Waals surface area contributed by atoms with Crippen LogP contribution >= 0.6 is 0 Å². The zero-order valence-corrected chi connectivity index (χ0v) is 15.3. The van der Waals surface area contributed by atoms with Gasteiger partial charge in [-0.2, -0.15) is 4.31 Å². The number of halogens is 1. The normalized spacial score (nSPS) is 22.1. The summed E-state index contributed by atoms with van der Waals surface area (Å²) in [6, 6.07) is 1.87. The highest BCUT2D eigenvalue weighted by Gasteiger charge is 2.41. The van der Waals surface area contributed by atoms with Crippen LogP contribution in [0.15, 0.2) is 17.0 Å². The average molecular weight is 344 g/mol. The second-order valence-corrected chi connectivity index (χ2v) is 9.35. The minimum Gasteiger partial charge on any atom is -0.505 e. The van der Waals surface area contributed by atoms with Gasteiger partial charge in [0.15, 0.2) is 11.6 Å². The van der Waals surface area contributed by atoms with Gasteiger partial charge in [-0.15, -0.1) is 0 Å². The van der Waals surface area contributed by atoms with E-state index in [2.05, 4.69) is 0 Å². The number of anilines is 1. The number of fused-ring (bicyclic) bond motifs is 1. The van der Waals surface area contributed by atoms with Crippen molar-refractivity contribution in [1.82, 2.24) is 4.31 Å². The van der Waals surface area contributed by atoms with Crippen LogP contribution in [-0.4, -0.2) is 43.0 Å². The monoisotopic (exact) mass is 344 g/mol. The lowest BCUT2D eigenvalue weighted by Crippen LogP contribution is -2.50. The first-order valence-corrected chi connectivity index (χ1v) is 9.09. The molecule has 0 spiro atoms. The van der Waals surface area contributed by atoms with Gasteiger partial charge in [-0.05, 0) is 26.7 Å². The number of phenolic OH excluding ortho intramolecular Hbond substituents is 1. The minimum atomic E-state index is -3.82. The van der Waals surface area contributed by atoms with Crippen LogP contribution in [-0.2, 0) is 10.0 Å². The Morgan fingerprint density at radius 2 is 1.87 bits per heavy atom. The molecule has 130 valence electrons. The summed E-state index contributed by atoms with van der Waals surface area (Å²) in [7, 11) is -2.28. The predicted molar refractivity (Wildman–Crippen MR) is 88.7 cm³/mol. The van der Waals surface area contributed by atoms with Crippen LogP contribution in [0, 0.1) is 11.7 Å². The quantitative estimate of drug-likeness (QED) is 0.851. The number of nitrogens with zero attached hydrogens (tertiary/aromatic N) is 2. The Labute approximate surface area is 137 Å². The van der Waals surface area contributed by atoms with E-state index >= 15 is 0 Å². The molecular weight excluding hydrogens is 319 g/mol. The topological polar surface area (TPSA) is 60.9 Å². The maximum Gasteiger partial charge on any atom is 0.245 e. The molecule has 0 bridgehead atoms. The number of rotatable bonds is 1. The molecule has 1 atom stereocenters. The molecule has 1 N–H and O–H groups in total. The van der Waals surface area contributed by atoms with Gasteiger partial charge in [-0.3, -0.25) is 0 Å². The standard InChI is InChI=1S/C16H25FN2O3S/c1-10(2)13-9-19(16(3,4)5)12-7-11(17)14(20)8-15(12)23(21,22)18(13)6/h7-8,10,13,20H,9H2,1-6H3/t13-/m0/s1. The van der Waals surface area contributed by atoms with Crippen LogP contribution in [0.2, 0.25) is 0 Å². The van der Waals surface area contributed by atoms with E-state index in [0.29, 0.717) is 12.2 Å². The summed E-state index contributed by atoms with van der Waals surface area (Å²) in [6.45, 7) is 10.2. The summed E-state index contributed by atoms with van der Waals surface area (Å²) in [4.78, 5) is 1.84. The molecule has 1 heterocycles. The molecule has 0 saturated heterocycles. The van der Waals surface area contributed by atoms with Gasteiger partial charge < -0.3 is 10.0 Å². The summed E-state index contributed by atoms with van der Waals surface area (Å²) in [5.41, 5.74) is -0.103. The number of sulfonamides is 1. The molecule has 2 rings (SSSR count). The van der Waals surface area contributed by atoms with Crippen LogP contribution in [0.1, 0.15) is 34.6 Å². The van der Waals surface area contributed by atoms with Crippen molar-refractivity contribution in [2.24, 2.45) is 5.92 Å². The average Bonchev–Trinajstić information content (AvgIpc) is 2.47. The SMILES string of the molecule is CC(C)[C@@H]1CN(C(C)(C)C)c2cc(F)c(O)cc2S(=O)(=O)N1C. The van der Waals surface area contributed by atoms with Gasteiger partial charge in [0, 0.05) is 37.3 Å². The van der Waals surface area contributed by atoms with Gasteiger partial charge in [0.25, 0.3) is 0 Å². The van der Waals surface area contributed by atoms with Crippen LogP contribution in [0.5, 0.6) is 5.75 Å². The van der Waals surface area contributed by atoms with Crippen molar-refractivity contribution in [3.05, 3.63) is 17.9 Å². The fourth-order valence-electron chi connectivity index (χ4n) is 2.95. The second kappa shape index (κ2) is 5.63. The number of phenols is 1. The summed E-state index contributed by atoms with van der Waals surface area (Å²) < 4.78 is 41.1. The molecule has 1 aromatic carbocycles. The molecule has 0 unspecified atom stereocenters. The van der Waals surface area contributed by atoms with Crippen LogP contribution in [0.3, 0.4) is 0 Å². The summed E-state index contributed by atoms with van der Waals surface area (Å²) >= 11 is 0. The number of hydrogen-bond acceptors (Lipinski definition) is 4. The Morgan fingerprint density at radius 3 is 2.35 bits per heavy atom. The van der Waals surface area contributed by atoms with E-state index in [1.165, 1.54) is 11.4 Å². The van der Waals surface area contributed by atoms with E-state index in [0.717, 1.165) is 12.1 Å². The third-order valence-electron chi connectivity index (χ3n) is 4.39. The first kappa shape index (κ1) is 18.0. The molecule has 7 heteroatoms. The molecule has 0 saturated carbocycles. The highest BCUT2D eigenvalue weighted by Crippen LogP contribution is 2.40. The van der Waals surface area contributed by atoms with E-state index in [4.69, 9.17) is 0 Å². The molecule has 1 aliphatic rings. The third-order valence-corrected chi connectivity index (χ3v) is 6.30. The zero-order chi connectivity index (χ0) is 17.7. The fourth-order valence-corrected chi connectivity index (χ4v) is 4.62. The Balaban J connectivity index is 2.81. The number of hydrogen-bond donors (Lipinski definition) is 1. The third kappa shape index (κ3) is 3.04. The Bertz CT molecular complexity index is 711. The first-order chi connectivity index (χ1) is 10.4. The smallest absolute Gasteiger partial charge is 0.245 e. The van der Waals surface area contributed by atoms with E-state index < -0.39 is 27.1 Å². The molecule has 0 aromatic heterocycles. The molecule has 1 aliphatic heterocycles. The van der Waals surface area contributed by atoms with Gasteiger partial charge in [-0.25, -0.2) is 12.8 Å². The lowest BCUT2D eigenvalue weighted by Gasteiger charge is -2.40. The van der Waals surface area contributed by atoms with Crippen molar-refractivity contribution in [2.45, 2.75) is 51.1 Å². The van der Waals surface area contributed by atoms with Crippen LogP contribution in [0.25, 0.3) is 0 Å². The lowest BCUT2D eigenvalue weighted by atomic mass is 9.98. The number of benzene rings is 1. The number of aromatic hydroxyl groups is 1. The molecule has 0 fully saturated rings. The predicted octanol–water partition coefficient (Wildman–Crippen LogP) is 2.79. The molecular formula is C16H25FN2O3S. The molecule has 1 aromatic rings. The van der Waals surface area contributed by atoms with Crippen LogP contribution < -0.4 is 4.90 Å². The van der Waals surface area contributed by atoms with Gasteiger partial charge in [0.05, 0.1) is 5.69 Å². The minimum absolute atomic E-state index is 0.0584. The van der Waals surface area contributed by atoms with Gasteiger partial charge in [0.1, 0.15) is 4.90 Å². The molecule has 0 aliphatic carbocycles. The van der Waals surface area contributed by atoms with Crippen molar-refractivity contribution in [3.8, 4) is 5.75 Å². The number of likely N-dealkylation sites (N-methyl/N-ethyl adjacent to an activating group) is 1. The lowest BCUT2D eigenvalue weighted by molar-refractivity contribution is 0.287. The van der Waals surface area contributed by atoms with Crippen molar-refractivity contribution in [1.29, 1.82) is 0 Å². The van der Waals surface area contributed by atoms with Gasteiger partial charge in [0.2, 0.25) is 10.0 Å². The molecule has 0 amide bonds. The fraction of sp³-hybridized carbons (Fsp3) is 0.625.